The largest absolute Gasteiger partial charge is 0.300 e. The Morgan fingerprint density at radius 2 is 2.31 bits per heavy atom. The molecule has 0 spiro atoms. The number of fused-ring (bicyclic) bond motifs is 1. The van der Waals surface area contributed by atoms with Crippen molar-refractivity contribution in [2.75, 3.05) is 5.43 Å². The maximum absolute atomic E-state index is 10.4. The molecular weight excluding hydrogens is 188 g/mol. The zero-order valence-electron chi connectivity index (χ0n) is 6.52. The highest BCUT2D eigenvalue weighted by atomic mass is 32.1. The van der Waals surface area contributed by atoms with E-state index < -0.39 is 0 Å². The highest BCUT2D eigenvalue weighted by Gasteiger charge is 2.03. The van der Waals surface area contributed by atoms with Crippen LogP contribution in [0.4, 0.5) is 5.13 Å². The third kappa shape index (κ3) is 1.36. The molecule has 0 unspecified atom stereocenters. The number of nitrogen functional groups attached to an aromatic ring is 1. The minimum atomic E-state index is 0.403. The molecule has 0 atom stereocenters. The molecule has 2 aromatic heterocycles. The minimum Gasteiger partial charge on any atom is -0.300 e. The third-order valence-corrected chi connectivity index (χ3v) is 2.42. The molecule has 66 valence electrons. The van der Waals surface area contributed by atoms with Gasteiger partial charge in [0.1, 0.15) is 16.0 Å². The Kier molecular flexibility index (Phi) is 1.91. The number of nitrogens with two attached hydrogens (primary N) is 1. The van der Waals surface area contributed by atoms with Crippen molar-refractivity contribution in [2.24, 2.45) is 5.84 Å². The summed E-state index contributed by atoms with van der Waals surface area (Å²) in [4.78, 5) is 19.3. The van der Waals surface area contributed by atoms with E-state index in [9.17, 15) is 4.79 Å². The molecule has 0 aromatic carbocycles. The molecule has 0 radical (unpaired) electrons. The fraction of sp³-hybridized carbons (Fsp3) is 0. The smallest absolute Gasteiger partial charge is 0.199 e. The van der Waals surface area contributed by atoms with Crippen LogP contribution in [-0.4, -0.2) is 16.3 Å². The SMILES string of the molecule is NNc1nc2ccc(C=O)nc2s1. The molecule has 0 amide bonds. The number of hydrogen-bond donors (Lipinski definition) is 2. The highest BCUT2D eigenvalue weighted by molar-refractivity contribution is 7.21. The summed E-state index contributed by atoms with van der Waals surface area (Å²) >= 11 is 1.31. The standard InChI is InChI=1S/C7H6N4OS/c8-11-7-10-5-2-1-4(3-12)9-6(5)13-7/h1-3H,8H2,(H,10,11). The maximum Gasteiger partial charge on any atom is 0.199 e. The normalized spacial score (nSPS) is 10.2. The van der Waals surface area contributed by atoms with E-state index in [4.69, 9.17) is 5.84 Å². The van der Waals surface area contributed by atoms with Crippen LogP contribution in [0.3, 0.4) is 0 Å². The zero-order valence-corrected chi connectivity index (χ0v) is 7.34. The van der Waals surface area contributed by atoms with Crippen molar-refractivity contribution < 1.29 is 4.79 Å². The van der Waals surface area contributed by atoms with Crippen LogP contribution >= 0.6 is 11.3 Å². The summed E-state index contributed by atoms with van der Waals surface area (Å²) in [7, 11) is 0. The zero-order chi connectivity index (χ0) is 9.26. The van der Waals surface area contributed by atoms with E-state index in [0.29, 0.717) is 21.9 Å². The Hall–Kier alpha value is -1.53. The lowest BCUT2D eigenvalue weighted by atomic mass is 10.4. The van der Waals surface area contributed by atoms with Gasteiger partial charge in [0.25, 0.3) is 0 Å². The fourth-order valence-corrected chi connectivity index (χ4v) is 1.71. The van der Waals surface area contributed by atoms with E-state index in [-0.39, 0.29) is 0 Å². The predicted molar refractivity (Wildman–Crippen MR) is 50.6 cm³/mol. The van der Waals surface area contributed by atoms with Crippen LogP contribution in [0, 0.1) is 0 Å². The summed E-state index contributed by atoms with van der Waals surface area (Å²) in [6, 6.07) is 3.36. The van der Waals surface area contributed by atoms with Gasteiger partial charge >= 0.3 is 0 Å². The molecule has 2 aromatic rings. The number of hydrazine groups is 1. The summed E-state index contributed by atoms with van der Waals surface area (Å²) in [6.45, 7) is 0. The maximum atomic E-state index is 10.4. The first-order chi connectivity index (χ1) is 6.33. The molecule has 0 aliphatic rings. The second-order valence-corrected chi connectivity index (χ2v) is 3.32. The topological polar surface area (TPSA) is 80.9 Å². The van der Waals surface area contributed by atoms with Gasteiger partial charge in [0.05, 0.1) is 0 Å². The van der Waals surface area contributed by atoms with Crippen molar-refractivity contribution >= 4 is 33.1 Å². The molecule has 0 bridgehead atoms. The number of anilines is 1. The van der Waals surface area contributed by atoms with E-state index in [1.165, 1.54) is 11.3 Å². The summed E-state index contributed by atoms with van der Waals surface area (Å²) in [6.07, 6.45) is 0.703. The van der Waals surface area contributed by atoms with Crippen LogP contribution in [0.5, 0.6) is 0 Å². The van der Waals surface area contributed by atoms with Crippen LogP contribution in [0.25, 0.3) is 10.3 Å². The number of carbonyl (C=O) groups excluding carboxylic acids is 1. The molecule has 5 nitrogen and oxygen atoms in total. The summed E-state index contributed by atoms with van der Waals surface area (Å²) < 4.78 is 0. The van der Waals surface area contributed by atoms with E-state index in [1.807, 2.05) is 0 Å². The molecule has 3 N–H and O–H groups in total. The molecule has 13 heavy (non-hydrogen) atoms. The van der Waals surface area contributed by atoms with E-state index >= 15 is 0 Å². The second kappa shape index (κ2) is 3.08. The van der Waals surface area contributed by atoms with Gasteiger partial charge in [-0.25, -0.2) is 15.8 Å². The van der Waals surface area contributed by atoms with Crippen molar-refractivity contribution in [3.8, 4) is 0 Å². The van der Waals surface area contributed by atoms with Crippen LogP contribution in [-0.2, 0) is 0 Å². The quantitative estimate of drug-likeness (QED) is 0.419. The van der Waals surface area contributed by atoms with Gasteiger partial charge in [0.2, 0.25) is 0 Å². The first-order valence-electron chi connectivity index (χ1n) is 3.53. The first kappa shape index (κ1) is 8.09. The Morgan fingerprint density at radius 3 is 3.00 bits per heavy atom. The number of nitrogens with one attached hydrogen (secondary N) is 1. The molecular formula is C7H6N4OS. The Morgan fingerprint density at radius 1 is 1.46 bits per heavy atom. The second-order valence-electron chi connectivity index (χ2n) is 2.34. The molecule has 0 aliphatic carbocycles. The predicted octanol–water partition coefficient (Wildman–Crippen LogP) is 0.789. The molecule has 0 aliphatic heterocycles. The number of carbonyl (C=O) groups is 1. The number of hydrogen-bond acceptors (Lipinski definition) is 6. The van der Waals surface area contributed by atoms with E-state index in [1.54, 1.807) is 12.1 Å². The minimum absolute atomic E-state index is 0.403. The van der Waals surface area contributed by atoms with Gasteiger partial charge < -0.3 is 0 Å². The van der Waals surface area contributed by atoms with Crippen molar-refractivity contribution in [2.45, 2.75) is 0 Å². The molecule has 0 saturated carbocycles. The Bertz CT molecular complexity index is 453. The average Bonchev–Trinajstić information content (AvgIpc) is 2.58. The number of pyridine rings is 1. The van der Waals surface area contributed by atoms with Crippen LogP contribution < -0.4 is 11.3 Å². The van der Waals surface area contributed by atoms with Gasteiger partial charge in [-0.3, -0.25) is 10.2 Å². The van der Waals surface area contributed by atoms with Crippen LogP contribution in [0.1, 0.15) is 10.5 Å². The van der Waals surface area contributed by atoms with Crippen molar-refractivity contribution in [3.63, 3.8) is 0 Å². The summed E-state index contributed by atoms with van der Waals surface area (Å²) in [5.74, 6) is 5.18. The number of aldehydes is 1. The lowest BCUT2D eigenvalue weighted by Crippen LogP contribution is -2.05. The van der Waals surface area contributed by atoms with Crippen LogP contribution in [0.2, 0.25) is 0 Å². The summed E-state index contributed by atoms with van der Waals surface area (Å²) in [5, 5.41) is 0.588. The summed E-state index contributed by atoms with van der Waals surface area (Å²) in [5.41, 5.74) is 3.57. The van der Waals surface area contributed by atoms with Crippen molar-refractivity contribution in [3.05, 3.63) is 17.8 Å². The number of rotatable bonds is 2. The molecule has 2 heterocycles. The van der Waals surface area contributed by atoms with Gasteiger partial charge in [-0.2, -0.15) is 0 Å². The number of nitrogens with zero attached hydrogens (tertiary/aromatic N) is 2. The van der Waals surface area contributed by atoms with Crippen molar-refractivity contribution in [1.29, 1.82) is 0 Å². The van der Waals surface area contributed by atoms with Gasteiger partial charge in [-0.15, -0.1) is 0 Å². The number of aromatic nitrogens is 2. The highest BCUT2D eigenvalue weighted by Crippen LogP contribution is 2.22. The average molecular weight is 194 g/mol. The van der Waals surface area contributed by atoms with Gasteiger partial charge in [0, 0.05) is 0 Å². The Balaban J connectivity index is 2.63. The third-order valence-electron chi connectivity index (χ3n) is 1.52. The monoisotopic (exact) mass is 194 g/mol. The number of thiazole rings is 1. The molecule has 2 rings (SSSR count). The molecule has 0 saturated heterocycles. The van der Waals surface area contributed by atoms with Crippen molar-refractivity contribution in [1.82, 2.24) is 9.97 Å². The Labute approximate surface area is 77.6 Å². The first-order valence-corrected chi connectivity index (χ1v) is 4.34. The van der Waals surface area contributed by atoms with Gasteiger partial charge in [0.15, 0.2) is 11.4 Å². The lowest BCUT2D eigenvalue weighted by molar-refractivity contribution is 0.111. The molecule has 6 heteroatoms. The fourth-order valence-electron chi connectivity index (χ4n) is 0.959. The lowest BCUT2D eigenvalue weighted by Gasteiger charge is -1.86. The molecule has 0 fully saturated rings. The van der Waals surface area contributed by atoms with Gasteiger partial charge in [-0.1, -0.05) is 11.3 Å². The van der Waals surface area contributed by atoms with E-state index in [0.717, 1.165) is 5.52 Å². The van der Waals surface area contributed by atoms with E-state index in [2.05, 4.69) is 15.4 Å². The van der Waals surface area contributed by atoms with Crippen LogP contribution in [0.15, 0.2) is 12.1 Å². The van der Waals surface area contributed by atoms with Gasteiger partial charge in [-0.05, 0) is 12.1 Å².